The topological polar surface area (TPSA) is 64.8 Å². The second kappa shape index (κ2) is 6.83. The molecule has 0 bridgehead atoms. The zero-order valence-electron chi connectivity index (χ0n) is 10.1. The molecule has 1 saturated heterocycles. The Kier molecular flexibility index (Phi) is 5.73. The van der Waals surface area contributed by atoms with Crippen LogP contribution in [-0.4, -0.2) is 56.4 Å². The fraction of sp³-hybridized carbons (Fsp3) is 0.909. The first kappa shape index (κ1) is 13.4. The van der Waals surface area contributed by atoms with E-state index in [1.165, 1.54) is 0 Å². The molecule has 1 fully saturated rings. The van der Waals surface area contributed by atoms with Crippen LogP contribution in [0, 0.1) is 0 Å². The van der Waals surface area contributed by atoms with Gasteiger partial charge in [0.15, 0.2) is 0 Å². The van der Waals surface area contributed by atoms with Crippen LogP contribution in [0.5, 0.6) is 0 Å². The summed E-state index contributed by atoms with van der Waals surface area (Å²) in [4.78, 5) is 13.8. The Morgan fingerprint density at radius 1 is 1.56 bits per heavy atom. The molecule has 0 aliphatic carbocycles. The Bertz CT molecular complexity index is 219. The van der Waals surface area contributed by atoms with Gasteiger partial charge < -0.3 is 20.1 Å². The fourth-order valence-electron chi connectivity index (χ4n) is 1.89. The molecule has 1 aliphatic rings. The van der Waals surface area contributed by atoms with Gasteiger partial charge in [-0.2, -0.15) is 0 Å². The molecule has 0 spiro atoms. The van der Waals surface area contributed by atoms with Crippen LogP contribution in [0.4, 0.5) is 0 Å². The number of hydrogen-bond acceptors (Lipinski definition) is 4. The number of rotatable bonds is 6. The van der Waals surface area contributed by atoms with Crippen molar-refractivity contribution in [3.05, 3.63) is 0 Å². The normalized spacial score (nSPS) is 24.7. The number of methoxy groups -OCH3 is 1. The second-order valence-corrected chi connectivity index (χ2v) is 3.97. The quantitative estimate of drug-likeness (QED) is 0.697. The third-order valence-electron chi connectivity index (χ3n) is 2.90. The van der Waals surface area contributed by atoms with Crippen molar-refractivity contribution in [1.82, 2.24) is 4.90 Å². The molecule has 2 unspecified atom stereocenters. The van der Waals surface area contributed by atoms with Crippen LogP contribution < -0.4 is 5.73 Å². The fourth-order valence-corrected chi connectivity index (χ4v) is 1.89. The molecule has 2 N–H and O–H groups in total. The van der Waals surface area contributed by atoms with Gasteiger partial charge in [0, 0.05) is 26.7 Å². The SMILES string of the molecule is CCN(CCOC)C(=O)C1CCC(CN)O1. The lowest BCUT2D eigenvalue weighted by atomic mass is 10.2. The minimum absolute atomic E-state index is 0.0510. The van der Waals surface area contributed by atoms with Crippen molar-refractivity contribution in [3.63, 3.8) is 0 Å². The van der Waals surface area contributed by atoms with Crippen LogP contribution in [0.3, 0.4) is 0 Å². The van der Waals surface area contributed by atoms with Crippen LogP contribution in [0.15, 0.2) is 0 Å². The Hall–Kier alpha value is -0.650. The summed E-state index contributed by atoms with van der Waals surface area (Å²) in [5.74, 6) is 0.0653. The summed E-state index contributed by atoms with van der Waals surface area (Å²) in [6.45, 7) is 4.33. The molecular weight excluding hydrogens is 208 g/mol. The van der Waals surface area contributed by atoms with Crippen molar-refractivity contribution in [1.29, 1.82) is 0 Å². The number of likely N-dealkylation sites (N-methyl/N-ethyl adjacent to an activating group) is 1. The lowest BCUT2D eigenvalue weighted by Gasteiger charge is -2.23. The molecule has 2 atom stereocenters. The molecule has 5 nitrogen and oxygen atoms in total. The van der Waals surface area contributed by atoms with E-state index < -0.39 is 0 Å². The maximum atomic E-state index is 12.0. The maximum absolute atomic E-state index is 12.0. The van der Waals surface area contributed by atoms with Crippen molar-refractivity contribution in [2.75, 3.05) is 33.4 Å². The van der Waals surface area contributed by atoms with Crippen molar-refractivity contribution in [2.45, 2.75) is 32.0 Å². The Morgan fingerprint density at radius 3 is 2.81 bits per heavy atom. The number of carbonyl (C=O) groups excluding carboxylic acids is 1. The maximum Gasteiger partial charge on any atom is 0.251 e. The lowest BCUT2D eigenvalue weighted by molar-refractivity contribution is -0.143. The van der Waals surface area contributed by atoms with Crippen molar-refractivity contribution < 1.29 is 14.3 Å². The molecular formula is C11H22N2O3. The smallest absolute Gasteiger partial charge is 0.251 e. The minimum Gasteiger partial charge on any atom is -0.383 e. The van der Waals surface area contributed by atoms with Gasteiger partial charge in [0.2, 0.25) is 0 Å². The van der Waals surface area contributed by atoms with E-state index in [0.29, 0.717) is 26.2 Å². The summed E-state index contributed by atoms with van der Waals surface area (Å²) in [7, 11) is 1.63. The van der Waals surface area contributed by atoms with Crippen LogP contribution in [0.1, 0.15) is 19.8 Å². The first-order valence-corrected chi connectivity index (χ1v) is 5.86. The molecule has 1 heterocycles. The van der Waals surface area contributed by atoms with Gasteiger partial charge in [-0.05, 0) is 19.8 Å². The van der Waals surface area contributed by atoms with Crippen molar-refractivity contribution in [3.8, 4) is 0 Å². The van der Waals surface area contributed by atoms with E-state index in [1.807, 2.05) is 6.92 Å². The van der Waals surface area contributed by atoms with E-state index >= 15 is 0 Å². The highest BCUT2D eigenvalue weighted by Crippen LogP contribution is 2.20. The highest BCUT2D eigenvalue weighted by Gasteiger charge is 2.32. The third kappa shape index (κ3) is 3.43. The average Bonchev–Trinajstić information content (AvgIpc) is 2.78. The predicted octanol–water partition coefficient (Wildman–Crippen LogP) is -0.0124. The standard InChI is InChI=1S/C11H22N2O3/c1-3-13(6-7-15-2)11(14)10-5-4-9(8-12)16-10/h9-10H,3-8,12H2,1-2H3. The van der Waals surface area contributed by atoms with Crippen LogP contribution in [0.25, 0.3) is 0 Å². The van der Waals surface area contributed by atoms with Gasteiger partial charge in [-0.25, -0.2) is 0 Å². The minimum atomic E-state index is -0.301. The van der Waals surface area contributed by atoms with Crippen LogP contribution >= 0.6 is 0 Å². The zero-order valence-corrected chi connectivity index (χ0v) is 10.1. The van der Waals surface area contributed by atoms with E-state index in [2.05, 4.69) is 0 Å². The van der Waals surface area contributed by atoms with Crippen molar-refractivity contribution in [2.24, 2.45) is 5.73 Å². The lowest BCUT2D eigenvalue weighted by Crippen LogP contribution is -2.41. The molecule has 0 aromatic heterocycles. The molecule has 5 heteroatoms. The molecule has 0 aromatic carbocycles. The molecule has 94 valence electrons. The van der Waals surface area contributed by atoms with Crippen molar-refractivity contribution >= 4 is 5.91 Å². The number of carbonyl (C=O) groups is 1. The first-order valence-electron chi connectivity index (χ1n) is 5.86. The predicted molar refractivity (Wildman–Crippen MR) is 61.1 cm³/mol. The molecule has 0 radical (unpaired) electrons. The first-order chi connectivity index (χ1) is 7.72. The Labute approximate surface area is 96.9 Å². The van der Waals surface area contributed by atoms with Gasteiger partial charge in [-0.3, -0.25) is 4.79 Å². The van der Waals surface area contributed by atoms with Gasteiger partial charge in [0.25, 0.3) is 5.91 Å². The third-order valence-corrected chi connectivity index (χ3v) is 2.90. The van der Waals surface area contributed by atoms with Crippen LogP contribution in [-0.2, 0) is 14.3 Å². The molecule has 16 heavy (non-hydrogen) atoms. The summed E-state index contributed by atoms with van der Waals surface area (Å²) in [6, 6.07) is 0. The number of ether oxygens (including phenoxy) is 2. The van der Waals surface area contributed by atoms with E-state index in [4.69, 9.17) is 15.2 Å². The Balaban J connectivity index is 2.42. The van der Waals surface area contributed by atoms with Gasteiger partial charge in [0.05, 0.1) is 12.7 Å². The highest BCUT2D eigenvalue weighted by atomic mass is 16.5. The average molecular weight is 230 g/mol. The largest absolute Gasteiger partial charge is 0.383 e. The summed E-state index contributed by atoms with van der Waals surface area (Å²) < 4.78 is 10.6. The Morgan fingerprint density at radius 2 is 2.31 bits per heavy atom. The van der Waals surface area contributed by atoms with E-state index in [0.717, 1.165) is 12.8 Å². The highest BCUT2D eigenvalue weighted by molar-refractivity contribution is 5.81. The molecule has 1 rings (SSSR count). The molecule has 1 aliphatic heterocycles. The molecule has 0 saturated carbocycles. The van der Waals surface area contributed by atoms with Gasteiger partial charge >= 0.3 is 0 Å². The summed E-state index contributed by atoms with van der Waals surface area (Å²) in [5.41, 5.74) is 5.52. The van der Waals surface area contributed by atoms with E-state index in [9.17, 15) is 4.79 Å². The van der Waals surface area contributed by atoms with E-state index in [-0.39, 0.29) is 18.1 Å². The number of nitrogens with two attached hydrogens (primary N) is 1. The number of nitrogens with zero attached hydrogens (tertiary/aromatic N) is 1. The number of amides is 1. The van der Waals surface area contributed by atoms with Crippen LogP contribution in [0.2, 0.25) is 0 Å². The zero-order chi connectivity index (χ0) is 12.0. The molecule has 0 aromatic rings. The van der Waals surface area contributed by atoms with Gasteiger partial charge in [-0.1, -0.05) is 0 Å². The second-order valence-electron chi connectivity index (χ2n) is 3.97. The number of hydrogen-bond donors (Lipinski definition) is 1. The van der Waals surface area contributed by atoms with Gasteiger partial charge in [0.1, 0.15) is 6.10 Å². The summed E-state index contributed by atoms with van der Waals surface area (Å²) in [5, 5.41) is 0. The monoisotopic (exact) mass is 230 g/mol. The summed E-state index contributed by atoms with van der Waals surface area (Å²) >= 11 is 0. The van der Waals surface area contributed by atoms with Gasteiger partial charge in [-0.15, -0.1) is 0 Å². The molecule has 1 amide bonds. The summed E-state index contributed by atoms with van der Waals surface area (Å²) in [6.07, 6.45) is 1.42. The van der Waals surface area contributed by atoms with E-state index in [1.54, 1.807) is 12.0 Å².